The first kappa shape index (κ1) is 19.1. The largest absolute Gasteiger partial charge is 0.370 e. The lowest BCUT2D eigenvalue weighted by molar-refractivity contribution is -0.0867. The van der Waals surface area contributed by atoms with Gasteiger partial charge in [0.1, 0.15) is 5.56 Å². The molecule has 0 aromatic carbocycles. The van der Waals surface area contributed by atoms with Gasteiger partial charge in [-0.3, -0.25) is 9.59 Å². The van der Waals surface area contributed by atoms with E-state index in [-0.39, 0.29) is 23.1 Å². The van der Waals surface area contributed by atoms with Gasteiger partial charge in [-0.2, -0.15) is 0 Å². The topological polar surface area (TPSA) is 66.8 Å². The number of pyridine rings is 1. The van der Waals surface area contributed by atoms with Crippen molar-refractivity contribution in [3.8, 4) is 0 Å². The molecule has 0 bridgehead atoms. The molecule has 1 aromatic rings. The van der Waals surface area contributed by atoms with Crippen molar-refractivity contribution < 1.29 is 9.53 Å². The molecule has 144 valence electrons. The molecule has 2 aliphatic heterocycles. The van der Waals surface area contributed by atoms with E-state index in [1.807, 2.05) is 38.9 Å². The number of nitrogens with one attached hydrogen (secondary N) is 1. The lowest BCUT2D eigenvalue weighted by Gasteiger charge is -2.40. The number of aromatic nitrogens is 1. The zero-order valence-corrected chi connectivity index (χ0v) is 16.2. The third-order valence-electron chi connectivity index (χ3n) is 5.39. The van der Waals surface area contributed by atoms with E-state index in [2.05, 4.69) is 5.32 Å². The summed E-state index contributed by atoms with van der Waals surface area (Å²) in [7, 11) is 3.95. The van der Waals surface area contributed by atoms with Crippen molar-refractivity contribution in [2.24, 2.45) is 0 Å². The molecular formula is C19H30N4O3. The van der Waals surface area contributed by atoms with Crippen molar-refractivity contribution in [1.82, 2.24) is 19.7 Å². The van der Waals surface area contributed by atoms with Crippen LogP contribution in [0.25, 0.3) is 0 Å². The summed E-state index contributed by atoms with van der Waals surface area (Å²) in [5.41, 5.74) is 0.530. The molecule has 26 heavy (non-hydrogen) atoms. The van der Waals surface area contributed by atoms with Crippen LogP contribution in [0.15, 0.2) is 17.1 Å². The van der Waals surface area contributed by atoms with Crippen LogP contribution in [0.2, 0.25) is 0 Å². The van der Waals surface area contributed by atoms with Gasteiger partial charge in [-0.05, 0) is 52.5 Å². The molecule has 2 aliphatic rings. The number of hydrogen-bond acceptors (Lipinski definition) is 5. The summed E-state index contributed by atoms with van der Waals surface area (Å²) >= 11 is 0. The van der Waals surface area contributed by atoms with Gasteiger partial charge in [0.05, 0.1) is 18.8 Å². The van der Waals surface area contributed by atoms with Crippen LogP contribution in [-0.4, -0.2) is 79.3 Å². The van der Waals surface area contributed by atoms with Crippen molar-refractivity contribution in [1.29, 1.82) is 0 Å². The van der Waals surface area contributed by atoms with Crippen LogP contribution in [0.3, 0.4) is 0 Å². The third-order valence-corrected chi connectivity index (χ3v) is 5.39. The van der Waals surface area contributed by atoms with Crippen molar-refractivity contribution in [2.75, 3.05) is 53.4 Å². The maximum absolute atomic E-state index is 13.2. The molecule has 0 saturated carbocycles. The van der Waals surface area contributed by atoms with Crippen LogP contribution >= 0.6 is 0 Å². The molecule has 0 radical (unpaired) electrons. The van der Waals surface area contributed by atoms with Gasteiger partial charge in [0.25, 0.3) is 11.5 Å². The van der Waals surface area contributed by atoms with Crippen LogP contribution in [-0.2, 0) is 4.74 Å². The van der Waals surface area contributed by atoms with Gasteiger partial charge in [0.15, 0.2) is 0 Å². The van der Waals surface area contributed by atoms with E-state index in [1.165, 1.54) is 0 Å². The number of rotatable bonds is 4. The predicted octanol–water partition coefficient (Wildman–Crippen LogP) is 0.484. The van der Waals surface area contributed by atoms with Crippen LogP contribution in [0.1, 0.15) is 35.3 Å². The van der Waals surface area contributed by atoms with Crippen molar-refractivity contribution in [3.05, 3.63) is 33.7 Å². The summed E-state index contributed by atoms with van der Waals surface area (Å²) in [5, 5.41) is 3.31. The maximum atomic E-state index is 13.2. The number of amides is 1. The summed E-state index contributed by atoms with van der Waals surface area (Å²) in [6.45, 7) is 7.83. The normalized spacial score (nSPS) is 24.4. The standard InChI is InChI=1S/C19H30N4O3/c1-14-5-8-23(15(2)11-21(3)4)18(25)16(14)17(24)22-9-10-26-19(13-22)6-7-20-12-19/h5,8,15,20H,6-7,9-13H2,1-4H3. The van der Waals surface area contributed by atoms with E-state index in [4.69, 9.17) is 4.74 Å². The van der Waals surface area contributed by atoms with Crippen LogP contribution in [0.4, 0.5) is 0 Å². The fourth-order valence-electron chi connectivity index (χ4n) is 4.02. The number of nitrogens with zero attached hydrogens (tertiary/aromatic N) is 3. The lowest BCUT2D eigenvalue weighted by Crippen LogP contribution is -2.55. The Hall–Kier alpha value is -1.70. The smallest absolute Gasteiger partial charge is 0.263 e. The second-order valence-electron chi connectivity index (χ2n) is 7.88. The molecule has 2 atom stereocenters. The summed E-state index contributed by atoms with van der Waals surface area (Å²) in [6.07, 6.45) is 2.69. The Morgan fingerprint density at radius 2 is 2.23 bits per heavy atom. The number of ether oxygens (including phenoxy) is 1. The fraction of sp³-hybridized carbons (Fsp3) is 0.684. The molecule has 1 amide bonds. The van der Waals surface area contributed by atoms with Gasteiger partial charge >= 0.3 is 0 Å². The molecule has 3 rings (SSSR count). The highest BCUT2D eigenvalue weighted by atomic mass is 16.5. The van der Waals surface area contributed by atoms with Gasteiger partial charge in [-0.15, -0.1) is 0 Å². The molecule has 2 unspecified atom stereocenters. The first-order valence-electron chi connectivity index (χ1n) is 9.33. The highest BCUT2D eigenvalue weighted by molar-refractivity contribution is 5.95. The van der Waals surface area contributed by atoms with Gasteiger partial charge in [0.2, 0.25) is 0 Å². The minimum atomic E-state index is -0.298. The highest BCUT2D eigenvalue weighted by Gasteiger charge is 2.41. The molecule has 1 spiro atoms. The summed E-state index contributed by atoms with van der Waals surface area (Å²) in [4.78, 5) is 30.1. The van der Waals surface area contributed by atoms with Crippen molar-refractivity contribution in [2.45, 2.75) is 31.9 Å². The average Bonchev–Trinajstić information content (AvgIpc) is 3.01. The second kappa shape index (κ2) is 7.50. The van der Waals surface area contributed by atoms with E-state index in [1.54, 1.807) is 15.7 Å². The zero-order chi connectivity index (χ0) is 18.9. The SMILES string of the molecule is Cc1ccn(C(C)CN(C)C)c(=O)c1C(=O)N1CCOC2(CCNC2)C1. The number of likely N-dealkylation sites (N-methyl/N-ethyl adjacent to an activating group) is 1. The zero-order valence-electron chi connectivity index (χ0n) is 16.2. The molecule has 7 nitrogen and oxygen atoms in total. The Balaban J connectivity index is 1.88. The van der Waals surface area contributed by atoms with Crippen LogP contribution in [0.5, 0.6) is 0 Å². The number of carbonyl (C=O) groups excluding carboxylic acids is 1. The molecule has 2 fully saturated rings. The molecule has 1 N–H and O–H groups in total. The summed E-state index contributed by atoms with van der Waals surface area (Å²) in [6, 6.07) is 1.87. The number of morpholine rings is 1. The van der Waals surface area contributed by atoms with E-state index in [0.717, 1.165) is 31.6 Å². The van der Waals surface area contributed by atoms with Gasteiger partial charge in [0, 0.05) is 31.9 Å². The Kier molecular flexibility index (Phi) is 5.50. The Bertz CT molecular complexity index is 722. The maximum Gasteiger partial charge on any atom is 0.263 e. The lowest BCUT2D eigenvalue weighted by atomic mass is 9.99. The number of aryl methyl sites for hydroxylation is 1. The van der Waals surface area contributed by atoms with Gasteiger partial charge < -0.3 is 24.4 Å². The Morgan fingerprint density at radius 3 is 2.88 bits per heavy atom. The first-order valence-corrected chi connectivity index (χ1v) is 9.33. The van der Waals surface area contributed by atoms with E-state index < -0.39 is 0 Å². The quantitative estimate of drug-likeness (QED) is 0.844. The van der Waals surface area contributed by atoms with Gasteiger partial charge in [-0.1, -0.05) is 0 Å². The molecule has 1 aromatic heterocycles. The van der Waals surface area contributed by atoms with Crippen molar-refractivity contribution in [3.63, 3.8) is 0 Å². The predicted molar refractivity (Wildman–Crippen MR) is 101 cm³/mol. The minimum absolute atomic E-state index is 0.000265. The first-order chi connectivity index (χ1) is 12.3. The monoisotopic (exact) mass is 362 g/mol. The molecular weight excluding hydrogens is 332 g/mol. The van der Waals surface area contributed by atoms with Crippen molar-refractivity contribution >= 4 is 5.91 Å². The molecule has 2 saturated heterocycles. The highest BCUT2D eigenvalue weighted by Crippen LogP contribution is 2.25. The Morgan fingerprint density at radius 1 is 1.46 bits per heavy atom. The van der Waals surface area contributed by atoms with Gasteiger partial charge in [-0.25, -0.2) is 0 Å². The van der Waals surface area contributed by atoms with E-state index >= 15 is 0 Å². The summed E-state index contributed by atoms with van der Waals surface area (Å²) in [5.74, 6) is -0.173. The Labute approximate surface area is 154 Å². The molecule has 0 aliphatic carbocycles. The van der Waals surface area contributed by atoms with E-state index in [9.17, 15) is 9.59 Å². The fourth-order valence-corrected chi connectivity index (χ4v) is 4.02. The summed E-state index contributed by atoms with van der Waals surface area (Å²) < 4.78 is 7.64. The van der Waals surface area contributed by atoms with Crippen LogP contribution < -0.4 is 10.9 Å². The third kappa shape index (κ3) is 3.70. The second-order valence-corrected chi connectivity index (χ2v) is 7.88. The number of carbonyl (C=O) groups is 1. The molecule has 7 heteroatoms. The minimum Gasteiger partial charge on any atom is -0.370 e. The van der Waals surface area contributed by atoms with Crippen LogP contribution in [0, 0.1) is 6.92 Å². The molecule has 3 heterocycles. The number of hydrogen-bond donors (Lipinski definition) is 1. The van der Waals surface area contributed by atoms with E-state index in [0.29, 0.717) is 25.3 Å². The average molecular weight is 362 g/mol.